The van der Waals surface area contributed by atoms with Gasteiger partial charge in [0, 0.05) is 24.6 Å². The van der Waals surface area contributed by atoms with Gasteiger partial charge in [-0.3, -0.25) is 0 Å². The van der Waals surface area contributed by atoms with Crippen LogP contribution in [0.2, 0.25) is 0 Å². The minimum absolute atomic E-state index is 0.00872. The molecule has 0 spiro atoms. The summed E-state index contributed by atoms with van der Waals surface area (Å²) in [6.45, 7) is 3.27. The molecule has 0 aliphatic carbocycles. The molecule has 0 fully saturated rings. The molecule has 0 bridgehead atoms. The van der Waals surface area contributed by atoms with Gasteiger partial charge in [-0.1, -0.05) is 25.1 Å². The van der Waals surface area contributed by atoms with Crippen LogP contribution in [0.25, 0.3) is 16.9 Å². The molecule has 2 aromatic heterocycles. The maximum atomic E-state index is 14.6. The van der Waals surface area contributed by atoms with E-state index >= 15 is 0 Å². The first-order chi connectivity index (χ1) is 15.0. The van der Waals surface area contributed by atoms with Crippen molar-refractivity contribution in [2.45, 2.75) is 19.9 Å². The van der Waals surface area contributed by atoms with Crippen LogP contribution in [0.3, 0.4) is 0 Å². The highest BCUT2D eigenvalue weighted by Crippen LogP contribution is 2.25. The fourth-order valence-corrected chi connectivity index (χ4v) is 3.37. The van der Waals surface area contributed by atoms with Crippen molar-refractivity contribution < 1.29 is 8.78 Å². The average Bonchev–Trinajstić information content (AvgIpc) is 3.17. The summed E-state index contributed by atoms with van der Waals surface area (Å²) in [5.74, 6) is -0.647. The zero-order valence-corrected chi connectivity index (χ0v) is 16.7. The van der Waals surface area contributed by atoms with Gasteiger partial charge >= 0.3 is 0 Å². The number of fused-ring (bicyclic) bond motifs is 1. The number of aromatic nitrogens is 4. The summed E-state index contributed by atoms with van der Waals surface area (Å²) in [6, 6.07) is 12.7. The fourth-order valence-electron chi connectivity index (χ4n) is 3.37. The molecule has 0 aliphatic heterocycles. The van der Waals surface area contributed by atoms with Crippen molar-refractivity contribution in [3.05, 3.63) is 76.6 Å². The molecule has 9 heteroatoms. The molecule has 4 aromatic rings. The number of nitriles is 1. The summed E-state index contributed by atoms with van der Waals surface area (Å²) in [6.07, 6.45) is 0.169. The molecule has 2 heterocycles. The first-order valence-corrected chi connectivity index (χ1v) is 9.70. The number of rotatable bonds is 6. The number of halogens is 2. The number of nitrogens with two attached hydrogens (primary N) is 1. The number of nitrogens with zero attached hydrogens (tertiary/aromatic N) is 5. The molecule has 156 valence electrons. The van der Waals surface area contributed by atoms with E-state index in [9.17, 15) is 8.78 Å². The highest BCUT2D eigenvalue weighted by atomic mass is 19.1. The van der Waals surface area contributed by atoms with Crippen LogP contribution in [0.5, 0.6) is 0 Å². The third-order valence-corrected chi connectivity index (χ3v) is 4.91. The van der Waals surface area contributed by atoms with E-state index in [0.29, 0.717) is 23.6 Å². The third-order valence-electron chi connectivity index (χ3n) is 4.91. The second kappa shape index (κ2) is 8.45. The lowest BCUT2D eigenvalue weighted by atomic mass is 10.0. The first-order valence-electron chi connectivity index (χ1n) is 9.70. The molecule has 31 heavy (non-hydrogen) atoms. The van der Waals surface area contributed by atoms with Gasteiger partial charge in [0.1, 0.15) is 17.7 Å². The van der Waals surface area contributed by atoms with E-state index in [2.05, 4.69) is 20.4 Å². The molecule has 2 aromatic carbocycles. The Kier molecular flexibility index (Phi) is 5.56. The maximum absolute atomic E-state index is 14.6. The van der Waals surface area contributed by atoms with Gasteiger partial charge in [0.2, 0.25) is 5.95 Å². The van der Waals surface area contributed by atoms with Crippen molar-refractivity contribution in [3.63, 3.8) is 0 Å². The molecule has 7 nitrogen and oxygen atoms in total. The van der Waals surface area contributed by atoms with Crippen molar-refractivity contribution in [1.82, 2.24) is 24.9 Å². The Labute approximate surface area is 177 Å². The lowest BCUT2D eigenvalue weighted by Gasteiger charge is -2.09. The number of hydrogen-bond donors (Lipinski definition) is 2. The predicted octanol–water partition coefficient (Wildman–Crippen LogP) is 3.22. The fraction of sp³-hybridized carbons (Fsp3) is 0.182. The molecule has 0 saturated carbocycles. The van der Waals surface area contributed by atoms with E-state index in [0.717, 1.165) is 12.1 Å². The Morgan fingerprint density at radius 1 is 1.16 bits per heavy atom. The van der Waals surface area contributed by atoms with Crippen molar-refractivity contribution in [2.24, 2.45) is 0 Å². The van der Waals surface area contributed by atoms with Crippen molar-refractivity contribution in [2.75, 3.05) is 12.3 Å². The lowest BCUT2D eigenvalue weighted by molar-refractivity contribution is 0.603. The van der Waals surface area contributed by atoms with Crippen LogP contribution >= 0.6 is 0 Å². The van der Waals surface area contributed by atoms with Crippen LogP contribution < -0.4 is 11.1 Å². The predicted molar refractivity (Wildman–Crippen MR) is 112 cm³/mol. The molecule has 0 unspecified atom stereocenters. The highest BCUT2D eigenvalue weighted by molar-refractivity contribution is 5.67. The van der Waals surface area contributed by atoms with Gasteiger partial charge in [-0.15, -0.1) is 5.10 Å². The number of hydrogen-bond acceptors (Lipinski definition) is 6. The van der Waals surface area contributed by atoms with E-state index in [-0.39, 0.29) is 35.0 Å². The van der Waals surface area contributed by atoms with E-state index in [1.165, 1.54) is 28.8 Å². The van der Waals surface area contributed by atoms with E-state index in [1.807, 2.05) is 13.0 Å². The Morgan fingerprint density at radius 2 is 1.97 bits per heavy atom. The minimum atomic E-state index is -0.680. The van der Waals surface area contributed by atoms with Gasteiger partial charge in [0.25, 0.3) is 0 Å². The van der Waals surface area contributed by atoms with Crippen LogP contribution in [0.1, 0.15) is 29.4 Å². The zero-order valence-electron chi connectivity index (χ0n) is 16.7. The molecule has 4 rings (SSSR count). The molecule has 0 radical (unpaired) electrons. The first kappa shape index (κ1) is 20.4. The number of nitrogen functional groups attached to an aromatic ring is 1. The Bertz CT molecular complexity index is 1310. The quantitative estimate of drug-likeness (QED) is 0.497. The molecule has 0 aliphatic rings. The summed E-state index contributed by atoms with van der Waals surface area (Å²) < 4.78 is 30.4. The number of anilines is 1. The van der Waals surface area contributed by atoms with Gasteiger partial charge in [-0.2, -0.15) is 9.78 Å². The third kappa shape index (κ3) is 3.93. The zero-order chi connectivity index (χ0) is 22.0. The van der Waals surface area contributed by atoms with Crippen molar-refractivity contribution in [3.8, 4) is 17.3 Å². The second-order valence-electron chi connectivity index (χ2n) is 6.91. The molecular formula is C22H19F2N7. The normalized spacial score (nSPS) is 11.0. The Morgan fingerprint density at radius 3 is 2.74 bits per heavy atom. The van der Waals surface area contributed by atoms with E-state index < -0.39 is 5.82 Å². The average molecular weight is 419 g/mol. The van der Waals surface area contributed by atoms with Gasteiger partial charge < -0.3 is 11.1 Å². The van der Waals surface area contributed by atoms with Crippen LogP contribution in [-0.2, 0) is 13.0 Å². The molecule has 0 atom stereocenters. The molecule has 0 saturated heterocycles. The highest BCUT2D eigenvalue weighted by Gasteiger charge is 2.17. The van der Waals surface area contributed by atoms with Crippen LogP contribution in [-0.4, -0.2) is 26.1 Å². The minimum Gasteiger partial charge on any atom is -0.368 e. The van der Waals surface area contributed by atoms with Crippen molar-refractivity contribution in [1.29, 1.82) is 5.26 Å². The second-order valence-corrected chi connectivity index (χ2v) is 6.91. The van der Waals surface area contributed by atoms with Gasteiger partial charge in [0.15, 0.2) is 11.5 Å². The lowest BCUT2D eigenvalue weighted by Crippen LogP contribution is -2.14. The van der Waals surface area contributed by atoms with E-state index in [4.69, 9.17) is 11.0 Å². The summed E-state index contributed by atoms with van der Waals surface area (Å²) in [5, 5.41) is 16.6. The monoisotopic (exact) mass is 419 g/mol. The summed E-state index contributed by atoms with van der Waals surface area (Å²) in [5.41, 5.74) is 7.98. The van der Waals surface area contributed by atoms with Crippen LogP contribution in [0.15, 0.2) is 42.5 Å². The van der Waals surface area contributed by atoms with Crippen LogP contribution in [0.4, 0.5) is 14.7 Å². The smallest absolute Gasteiger partial charge is 0.223 e. The molecule has 0 amide bonds. The van der Waals surface area contributed by atoms with Gasteiger partial charge in [0.05, 0.1) is 11.3 Å². The maximum Gasteiger partial charge on any atom is 0.223 e. The molecule has 3 N–H and O–H groups in total. The molecular weight excluding hydrogens is 400 g/mol. The Hall–Kier alpha value is -3.90. The van der Waals surface area contributed by atoms with E-state index in [1.54, 1.807) is 18.2 Å². The standard InChI is InChI=1S/C22H19F2N7/c1-2-27-12-14-6-4-8-17(23)16(14)9-19-29-20-10-18(28-22(26)31(20)30-19)15-7-3-5-13(11-25)21(15)24/h3-8,10,27H,2,9,12H2,1H3,(H2,26,28). The Balaban J connectivity index is 1.74. The summed E-state index contributed by atoms with van der Waals surface area (Å²) in [4.78, 5) is 8.66. The van der Waals surface area contributed by atoms with Gasteiger partial charge in [-0.25, -0.2) is 18.7 Å². The number of benzene rings is 2. The van der Waals surface area contributed by atoms with Gasteiger partial charge in [-0.05, 0) is 35.9 Å². The van der Waals surface area contributed by atoms with Crippen molar-refractivity contribution >= 4 is 11.6 Å². The number of nitrogens with one attached hydrogen (secondary N) is 1. The largest absolute Gasteiger partial charge is 0.368 e. The topological polar surface area (TPSA) is 105 Å². The SMILES string of the molecule is CCNCc1cccc(F)c1Cc1nc2cc(-c3cccc(C#N)c3F)nc(N)n2n1. The summed E-state index contributed by atoms with van der Waals surface area (Å²) in [7, 11) is 0. The summed E-state index contributed by atoms with van der Waals surface area (Å²) >= 11 is 0. The van der Waals surface area contributed by atoms with Crippen LogP contribution in [0, 0.1) is 23.0 Å².